The summed E-state index contributed by atoms with van der Waals surface area (Å²) in [7, 11) is 0. The van der Waals surface area contributed by atoms with Crippen LogP contribution in [0, 0.1) is 0 Å². The van der Waals surface area contributed by atoms with E-state index in [0.717, 1.165) is 40.6 Å². The molecule has 9 heteroatoms. The Morgan fingerprint density at radius 1 is 1.34 bits per heavy atom. The number of pyridine rings is 1. The second-order valence-electron chi connectivity index (χ2n) is 7.85. The molecule has 4 aromatic heterocycles. The van der Waals surface area contributed by atoms with E-state index in [9.17, 15) is 4.79 Å². The maximum Gasteiger partial charge on any atom is 0.224 e. The van der Waals surface area contributed by atoms with Crippen molar-refractivity contribution in [3.05, 3.63) is 37.1 Å². The summed E-state index contributed by atoms with van der Waals surface area (Å²) in [6.07, 6.45) is 9.46. The molecule has 9 nitrogen and oxygen atoms in total. The first kappa shape index (κ1) is 17.6. The molecular formula is C20H22N8O. The zero-order chi connectivity index (χ0) is 20.0. The highest BCUT2D eigenvalue weighted by molar-refractivity contribution is 5.93. The lowest BCUT2D eigenvalue weighted by Crippen LogP contribution is -2.59. The minimum absolute atomic E-state index is 0.0895. The van der Waals surface area contributed by atoms with Gasteiger partial charge in [-0.15, -0.1) is 0 Å². The number of H-pyrrole nitrogens is 1. The van der Waals surface area contributed by atoms with Crippen LogP contribution >= 0.6 is 0 Å². The number of hydrogen-bond acceptors (Lipinski definition) is 6. The molecule has 0 aromatic carbocycles. The smallest absolute Gasteiger partial charge is 0.224 e. The average molecular weight is 390 g/mol. The molecule has 0 aliphatic heterocycles. The number of aromatic nitrogens is 6. The fourth-order valence-electron chi connectivity index (χ4n) is 4.03. The quantitative estimate of drug-likeness (QED) is 0.483. The topological polar surface area (TPSA) is 113 Å². The summed E-state index contributed by atoms with van der Waals surface area (Å²) in [5, 5.41) is 11.6. The van der Waals surface area contributed by atoms with Gasteiger partial charge in [-0.3, -0.25) is 4.79 Å². The van der Waals surface area contributed by atoms with Gasteiger partial charge in [0.05, 0.1) is 0 Å². The Bertz CT molecular complexity index is 1200. The number of hydrogen-bond donors (Lipinski definition) is 3. The highest BCUT2D eigenvalue weighted by Crippen LogP contribution is 2.34. The lowest BCUT2D eigenvalue weighted by Gasteiger charge is -2.45. The summed E-state index contributed by atoms with van der Waals surface area (Å²) in [6, 6.07) is 4.19. The number of carbonyl (C=O) groups is 1. The largest absolute Gasteiger partial charge is 0.351 e. The van der Waals surface area contributed by atoms with Crippen molar-refractivity contribution in [2.24, 2.45) is 0 Å². The fourth-order valence-corrected chi connectivity index (χ4v) is 4.03. The molecule has 1 saturated carbocycles. The molecule has 0 unspecified atom stereocenters. The Morgan fingerprint density at radius 2 is 2.21 bits per heavy atom. The Hall–Kier alpha value is -3.49. The summed E-state index contributed by atoms with van der Waals surface area (Å²) in [5.41, 5.74) is 3.47. The van der Waals surface area contributed by atoms with Crippen molar-refractivity contribution >= 4 is 28.5 Å². The van der Waals surface area contributed by atoms with Crippen molar-refractivity contribution in [2.45, 2.75) is 44.7 Å². The van der Waals surface area contributed by atoms with Crippen molar-refractivity contribution in [1.29, 1.82) is 0 Å². The lowest BCUT2D eigenvalue weighted by atomic mass is 9.74. The van der Waals surface area contributed by atoms with Gasteiger partial charge in [-0.05, 0) is 31.9 Å². The Morgan fingerprint density at radius 3 is 3.03 bits per heavy atom. The van der Waals surface area contributed by atoms with E-state index in [1.54, 1.807) is 4.52 Å². The summed E-state index contributed by atoms with van der Waals surface area (Å²) in [4.78, 5) is 28.2. The van der Waals surface area contributed by atoms with E-state index < -0.39 is 0 Å². The molecule has 0 atom stereocenters. The zero-order valence-electron chi connectivity index (χ0n) is 16.3. The molecule has 29 heavy (non-hydrogen) atoms. The molecule has 3 N–H and O–H groups in total. The summed E-state index contributed by atoms with van der Waals surface area (Å²) < 4.78 is 1.75. The third kappa shape index (κ3) is 3.18. The van der Waals surface area contributed by atoms with Crippen LogP contribution in [0.4, 0.5) is 5.95 Å². The number of nitrogens with zero attached hydrogens (tertiary/aromatic N) is 5. The first-order valence-electron chi connectivity index (χ1n) is 9.74. The molecule has 0 bridgehead atoms. The van der Waals surface area contributed by atoms with Gasteiger partial charge in [0.15, 0.2) is 5.65 Å². The van der Waals surface area contributed by atoms with Crippen LogP contribution in [0.5, 0.6) is 0 Å². The molecular weight excluding hydrogens is 368 g/mol. The van der Waals surface area contributed by atoms with E-state index in [1.807, 2.05) is 37.6 Å². The van der Waals surface area contributed by atoms with Crippen LogP contribution in [0.15, 0.2) is 37.1 Å². The molecule has 1 amide bonds. The molecule has 0 spiro atoms. The van der Waals surface area contributed by atoms with Gasteiger partial charge in [-0.2, -0.15) is 10.1 Å². The van der Waals surface area contributed by atoms with Crippen molar-refractivity contribution in [1.82, 2.24) is 34.9 Å². The molecule has 4 aromatic rings. The molecule has 4 heterocycles. The Labute approximate surface area is 167 Å². The van der Waals surface area contributed by atoms with Gasteiger partial charge in [-0.25, -0.2) is 14.5 Å². The van der Waals surface area contributed by atoms with Crippen molar-refractivity contribution in [3.63, 3.8) is 0 Å². The monoisotopic (exact) mass is 390 g/mol. The molecule has 1 aliphatic rings. The molecule has 5 rings (SSSR count). The lowest BCUT2D eigenvalue weighted by molar-refractivity contribution is -0.123. The van der Waals surface area contributed by atoms with Crippen LogP contribution in [-0.2, 0) is 4.79 Å². The van der Waals surface area contributed by atoms with E-state index in [0.29, 0.717) is 12.4 Å². The van der Waals surface area contributed by atoms with Gasteiger partial charge in [0.25, 0.3) is 0 Å². The molecule has 0 radical (unpaired) electrons. The number of carbonyl (C=O) groups excluding carboxylic acids is 1. The van der Waals surface area contributed by atoms with Gasteiger partial charge in [-0.1, -0.05) is 6.92 Å². The van der Waals surface area contributed by atoms with Gasteiger partial charge in [0.1, 0.15) is 12.0 Å². The van der Waals surface area contributed by atoms with E-state index >= 15 is 0 Å². The van der Waals surface area contributed by atoms with Gasteiger partial charge in [0, 0.05) is 53.1 Å². The van der Waals surface area contributed by atoms with E-state index in [4.69, 9.17) is 0 Å². The SMILES string of the molecule is CCC(=O)N[C@]1(C)C[C@H](Nc2ncc3c(-c4ccc5ncnn5c4)c[nH]c3n2)C1. The summed E-state index contributed by atoms with van der Waals surface area (Å²) in [6.45, 7) is 3.94. The van der Waals surface area contributed by atoms with Crippen LogP contribution in [0.1, 0.15) is 33.1 Å². The second-order valence-corrected chi connectivity index (χ2v) is 7.85. The highest BCUT2D eigenvalue weighted by atomic mass is 16.1. The van der Waals surface area contributed by atoms with Gasteiger partial charge in [0.2, 0.25) is 11.9 Å². The number of fused-ring (bicyclic) bond motifs is 2. The second kappa shape index (κ2) is 6.54. The van der Waals surface area contributed by atoms with E-state index in [2.05, 4.69) is 42.6 Å². The molecule has 0 saturated heterocycles. The van der Waals surface area contributed by atoms with Crippen LogP contribution in [0.25, 0.3) is 27.8 Å². The fraction of sp³-hybridized carbons (Fsp3) is 0.350. The third-order valence-electron chi connectivity index (χ3n) is 5.51. The zero-order valence-corrected chi connectivity index (χ0v) is 16.3. The number of anilines is 1. The van der Waals surface area contributed by atoms with Crippen LogP contribution in [0.2, 0.25) is 0 Å². The standard InChI is InChI=1S/C20H22N8O/c1-3-17(29)27-20(2)6-13(7-20)25-19-22-9-15-14(8-21-18(15)26-19)12-4-5-16-23-11-24-28(16)10-12/h4-5,8-11,13H,3,6-7H2,1-2H3,(H,27,29)(H2,21,22,25,26)/t13-,20+. The number of rotatable bonds is 5. The predicted molar refractivity (Wildman–Crippen MR) is 109 cm³/mol. The van der Waals surface area contributed by atoms with Crippen LogP contribution in [-0.4, -0.2) is 47.0 Å². The van der Waals surface area contributed by atoms with Crippen LogP contribution < -0.4 is 10.6 Å². The minimum Gasteiger partial charge on any atom is -0.351 e. The number of aromatic amines is 1. The predicted octanol–water partition coefficient (Wildman–Crippen LogP) is 2.53. The highest BCUT2D eigenvalue weighted by Gasteiger charge is 2.41. The summed E-state index contributed by atoms with van der Waals surface area (Å²) in [5.74, 6) is 0.679. The Balaban J connectivity index is 1.33. The molecule has 1 aliphatic carbocycles. The van der Waals surface area contributed by atoms with Crippen molar-refractivity contribution < 1.29 is 4.79 Å². The molecule has 148 valence electrons. The van der Waals surface area contributed by atoms with E-state index in [1.165, 1.54) is 6.33 Å². The first-order valence-corrected chi connectivity index (χ1v) is 9.74. The maximum absolute atomic E-state index is 11.6. The van der Waals surface area contributed by atoms with Crippen LogP contribution in [0.3, 0.4) is 0 Å². The minimum atomic E-state index is -0.144. The Kier molecular flexibility index (Phi) is 3.97. The summed E-state index contributed by atoms with van der Waals surface area (Å²) >= 11 is 0. The maximum atomic E-state index is 11.6. The molecule has 1 fully saturated rings. The average Bonchev–Trinajstić information content (AvgIpc) is 3.32. The number of amides is 1. The van der Waals surface area contributed by atoms with E-state index in [-0.39, 0.29) is 17.5 Å². The normalized spacial score (nSPS) is 21.2. The number of nitrogens with one attached hydrogen (secondary N) is 3. The van der Waals surface area contributed by atoms with Gasteiger partial charge >= 0.3 is 0 Å². The van der Waals surface area contributed by atoms with Crippen molar-refractivity contribution in [3.8, 4) is 11.1 Å². The third-order valence-corrected chi connectivity index (χ3v) is 5.51. The first-order chi connectivity index (χ1) is 14.0. The van der Waals surface area contributed by atoms with Gasteiger partial charge < -0.3 is 15.6 Å². The van der Waals surface area contributed by atoms with Crippen molar-refractivity contribution in [2.75, 3.05) is 5.32 Å².